The molecular weight excluding hydrogens is 387 g/mol. The lowest BCUT2D eigenvalue weighted by atomic mass is 10.0. The zero-order valence-corrected chi connectivity index (χ0v) is 15.8. The van der Waals surface area contributed by atoms with Crippen LogP contribution in [0.25, 0.3) is 0 Å². The van der Waals surface area contributed by atoms with Crippen molar-refractivity contribution in [3.05, 3.63) is 24.3 Å². The Bertz CT molecular complexity index is 670. The van der Waals surface area contributed by atoms with E-state index in [1.807, 2.05) is 13.8 Å². The molecule has 1 unspecified atom stereocenters. The number of halogens is 4. The quantitative estimate of drug-likeness (QED) is 0.756. The summed E-state index contributed by atoms with van der Waals surface area (Å²) >= 11 is 0. The number of carbonyl (C=O) groups is 2. The third-order valence-corrected chi connectivity index (χ3v) is 3.95. The zero-order valence-electron chi connectivity index (χ0n) is 15.0. The third kappa shape index (κ3) is 6.59. The highest BCUT2D eigenvalue weighted by atomic mass is 35.5. The largest absolute Gasteiger partial charge is 0.573 e. The van der Waals surface area contributed by atoms with Crippen molar-refractivity contribution < 1.29 is 27.5 Å². The Morgan fingerprint density at radius 2 is 2.07 bits per heavy atom. The minimum Gasteiger partial charge on any atom is -0.406 e. The second-order valence-corrected chi connectivity index (χ2v) is 6.62. The second-order valence-electron chi connectivity index (χ2n) is 6.62. The molecule has 1 fully saturated rings. The average Bonchev–Trinajstić information content (AvgIpc) is 2.86. The third-order valence-electron chi connectivity index (χ3n) is 3.95. The summed E-state index contributed by atoms with van der Waals surface area (Å²) in [5, 5.41) is 2.62. The van der Waals surface area contributed by atoms with E-state index >= 15 is 0 Å². The van der Waals surface area contributed by atoms with Crippen LogP contribution < -0.4 is 20.7 Å². The van der Waals surface area contributed by atoms with Crippen molar-refractivity contribution in [1.29, 1.82) is 0 Å². The van der Waals surface area contributed by atoms with Crippen molar-refractivity contribution >= 4 is 29.9 Å². The van der Waals surface area contributed by atoms with Crippen molar-refractivity contribution in [2.45, 2.75) is 45.1 Å². The van der Waals surface area contributed by atoms with Crippen LogP contribution in [0.1, 0.15) is 26.7 Å². The number of ether oxygens (including phenoxy) is 1. The molecule has 0 aromatic heterocycles. The number of benzene rings is 1. The molecule has 1 aromatic carbocycles. The van der Waals surface area contributed by atoms with Gasteiger partial charge in [-0.15, -0.1) is 25.6 Å². The summed E-state index contributed by atoms with van der Waals surface area (Å²) < 4.78 is 40.9. The van der Waals surface area contributed by atoms with Gasteiger partial charge in [-0.3, -0.25) is 9.59 Å². The normalized spacial score (nSPS) is 18.3. The summed E-state index contributed by atoms with van der Waals surface area (Å²) in [7, 11) is 0. The molecule has 1 aliphatic heterocycles. The Hall–Kier alpha value is -2.00. The van der Waals surface area contributed by atoms with Crippen LogP contribution in [-0.4, -0.2) is 36.8 Å². The van der Waals surface area contributed by atoms with Gasteiger partial charge in [0.2, 0.25) is 11.8 Å². The molecule has 3 N–H and O–H groups in total. The first-order chi connectivity index (χ1) is 12.1. The van der Waals surface area contributed by atoms with E-state index < -0.39 is 30.1 Å². The molecule has 2 amide bonds. The van der Waals surface area contributed by atoms with E-state index in [0.717, 1.165) is 12.1 Å². The summed E-state index contributed by atoms with van der Waals surface area (Å²) in [5.41, 5.74) is 6.08. The van der Waals surface area contributed by atoms with Gasteiger partial charge >= 0.3 is 6.36 Å². The molecule has 1 aliphatic rings. The number of nitrogens with two attached hydrogens (primary N) is 1. The molecular formula is C17H23ClF3N3O3. The number of carbonyl (C=O) groups excluding carboxylic acids is 2. The van der Waals surface area contributed by atoms with Gasteiger partial charge in [0, 0.05) is 18.3 Å². The Labute approximate surface area is 161 Å². The molecule has 2 atom stereocenters. The summed E-state index contributed by atoms with van der Waals surface area (Å²) in [6, 6.07) is 3.72. The van der Waals surface area contributed by atoms with Crippen LogP contribution in [0.2, 0.25) is 0 Å². The maximum Gasteiger partial charge on any atom is 0.573 e. The molecule has 0 saturated carbocycles. The summed E-state index contributed by atoms with van der Waals surface area (Å²) in [4.78, 5) is 25.9. The summed E-state index contributed by atoms with van der Waals surface area (Å²) in [6.07, 6.45) is -3.96. The van der Waals surface area contributed by atoms with E-state index in [9.17, 15) is 22.8 Å². The molecule has 6 nitrogen and oxygen atoms in total. The smallest absolute Gasteiger partial charge is 0.406 e. The highest BCUT2D eigenvalue weighted by Gasteiger charge is 2.35. The Morgan fingerprint density at radius 1 is 1.41 bits per heavy atom. The van der Waals surface area contributed by atoms with E-state index in [2.05, 4.69) is 10.1 Å². The van der Waals surface area contributed by atoms with Crippen LogP contribution in [0.4, 0.5) is 18.9 Å². The van der Waals surface area contributed by atoms with Crippen molar-refractivity contribution in [2.75, 3.05) is 11.4 Å². The van der Waals surface area contributed by atoms with Gasteiger partial charge in [-0.1, -0.05) is 19.9 Å². The minimum atomic E-state index is -4.81. The van der Waals surface area contributed by atoms with E-state index in [4.69, 9.17) is 5.73 Å². The van der Waals surface area contributed by atoms with Gasteiger partial charge in [-0.25, -0.2) is 0 Å². The molecule has 0 bridgehead atoms. The lowest BCUT2D eigenvalue weighted by molar-refractivity contribution is -0.274. The SMILES string of the molecule is CC(C)C[C@H](N)C(=O)NC1CCN(c2cccc(OC(F)(F)F)c2)C1=O.Cl. The number of hydrogen-bond donors (Lipinski definition) is 2. The Morgan fingerprint density at radius 3 is 2.67 bits per heavy atom. The van der Waals surface area contributed by atoms with E-state index in [1.54, 1.807) is 0 Å². The minimum absolute atomic E-state index is 0. The van der Waals surface area contributed by atoms with Crippen LogP contribution in [-0.2, 0) is 9.59 Å². The number of alkyl halides is 3. The van der Waals surface area contributed by atoms with Crippen molar-refractivity contribution in [1.82, 2.24) is 5.32 Å². The molecule has 1 aromatic rings. The molecule has 2 rings (SSSR count). The van der Waals surface area contributed by atoms with Crippen molar-refractivity contribution in [3.8, 4) is 5.75 Å². The molecule has 152 valence electrons. The van der Waals surface area contributed by atoms with E-state index in [-0.39, 0.29) is 36.5 Å². The first kappa shape index (κ1) is 23.0. The Balaban J connectivity index is 0.00000364. The molecule has 1 heterocycles. The highest BCUT2D eigenvalue weighted by Crippen LogP contribution is 2.29. The fourth-order valence-corrected chi connectivity index (χ4v) is 2.81. The predicted octanol–water partition coefficient (Wildman–Crippen LogP) is 2.60. The average molecular weight is 410 g/mol. The monoisotopic (exact) mass is 409 g/mol. The van der Waals surface area contributed by atoms with Gasteiger partial charge in [0.1, 0.15) is 11.8 Å². The summed E-state index contributed by atoms with van der Waals surface area (Å²) in [5.74, 6) is -0.968. The maximum absolute atomic E-state index is 12.5. The number of nitrogens with zero attached hydrogens (tertiary/aromatic N) is 1. The molecule has 0 spiro atoms. The number of nitrogens with one attached hydrogen (secondary N) is 1. The van der Waals surface area contributed by atoms with Crippen LogP contribution in [0, 0.1) is 5.92 Å². The lowest BCUT2D eigenvalue weighted by Crippen LogP contribution is -2.48. The first-order valence-corrected chi connectivity index (χ1v) is 8.30. The maximum atomic E-state index is 12.5. The molecule has 0 aliphatic carbocycles. The van der Waals surface area contributed by atoms with Crippen LogP contribution in [0.15, 0.2) is 24.3 Å². The molecule has 10 heteroatoms. The standard InChI is InChI=1S/C17H22F3N3O3.ClH/c1-10(2)8-13(21)15(24)22-14-6-7-23(16(14)25)11-4-3-5-12(9-11)26-17(18,19)20;/h3-5,9-10,13-14H,6-8,21H2,1-2H3,(H,22,24);1H/t13-,14?;/m0./s1. The fraction of sp³-hybridized carbons (Fsp3) is 0.529. The first-order valence-electron chi connectivity index (χ1n) is 8.30. The molecule has 27 heavy (non-hydrogen) atoms. The topological polar surface area (TPSA) is 84.7 Å². The van der Waals surface area contributed by atoms with E-state index in [1.165, 1.54) is 17.0 Å². The second kappa shape index (κ2) is 9.27. The van der Waals surface area contributed by atoms with Crippen LogP contribution >= 0.6 is 12.4 Å². The van der Waals surface area contributed by atoms with Gasteiger partial charge in [-0.2, -0.15) is 0 Å². The van der Waals surface area contributed by atoms with E-state index in [0.29, 0.717) is 12.8 Å². The highest BCUT2D eigenvalue weighted by molar-refractivity contribution is 6.01. The molecule has 0 radical (unpaired) electrons. The number of anilines is 1. The van der Waals surface area contributed by atoms with Crippen molar-refractivity contribution in [2.24, 2.45) is 11.7 Å². The Kier molecular flexibility index (Phi) is 7.91. The van der Waals surface area contributed by atoms with Gasteiger partial charge in [0.05, 0.1) is 6.04 Å². The van der Waals surface area contributed by atoms with Gasteiger partial charge in [-0.05, 0) is 30.9 Å². The summed E-state index contributed by atoms with van der Waals surface area (Å²) in [6.45, 7) is 4.15. The zero-order chi connectivity index (χ0) is 19.5. The fourth-order valence-electron chi connectivity index (χ4n) is 2.81. The molecule has 1 saturated heterocycles. The van der Waals surface area contributed by atoms with Crippen LogP contribution in [0.3, 0.4) is 0 Å². The number of amides is 2. The van der Waals surface area contributed by atoms with Gasteiger partial charge < -0.3 is 20.7 Å². The van der Waals surface area contributed by atoms with Crippen molar-refractivity contribution in [3.63, 3.8) is 0 Å². The van der Waals surface area contributed by atoms with Gasteiger partial charge in [0.15, 0.2) is 0 Å². The van der Waals surface area contributed by atoms with Gasteiger partial charge in [0.25, 0.3) is 0 Å². The lowest BCUT2D eigenvalue weighted by Gasteiger charge is -2.20. The predicted molar refractivity (Wildman–Crippen MR) is 96.7 cm³/mol. The van der Waals surface area contributed by atoms with Crippen LogP contribution in [0.5, 0.6) is 5.75 Å². The number of hydrogen-bond acceptors (Lipinski definition) is 4. The number of rotatable bonds is 6.